The molecule has 0 saturated heterocycles. The highest BCUT2D eigenvalue weighted by atomic mass is 32.1. The SMILES string of the molecule is CCCOc1nc(NC)nc(-c2sccc2C)n1. The summed E-state index contributed by atoms with van der Waals surface area (Å²) < 4.78 is 5.48. The zero-order valence-corrected chi connectivity index (χ0v) is 11.5. The third-order valence-electron chi connectivity index (χ3n) is 2.34. The highest BCUT2D eigenvalue weighted by Crippen LogP contribution is 2.27. The molecule has 0 aliphatic heterocycles. The molecular weight excluding hydrogens is 248 g/mol. The van der Waals surface area contributed by atoms with Crippen LogP contribution in [0.15, 0.2) is 11.4 Å². The van der Waals surface area contributed by atoms with Crippen molar-refractivity contribution >= 4 is 17.3 Å². The summed E-state index contributed by atoms with van der Waals surface area (Å²) in [6, 6.07) is 2.43. The van der Waals surface area contributed by atoms with Gasteiger partial charge in [0.1, 0.15) is 0 Å². The van der Waals surface area contributed by atoms with E-state index in [1.165, 1.54) is 0 Å². The van der Waals surface area contributed by atoms with Crippen LogP contribution >= 0.6 is 11.3 Å². The van der Waals surface area contributed by atoms with Gasteiger partial charge in [0, 0.05) is 7.05 Å². The number of hydrogen-bond acceptors (Lipinski definition) is 6. The van der Waals surface area contributed by atoms with E-state index in [0.29, 0.717) is 24.4 Å². The zero-order valence-electron chi connectivity index (χ0n) is 10.7. The summed E-state index contributed by atoms with van der Waals surface area (Å²) in [5, 5.41) is 4.96. The fourth-order valence-corrected chi connectivity index (χ4v) is 2.29. The lowest BCUT2D eigenvalue weighted by molar-refractivity contribution is 0.292. The van der Waals surface area contributed by atoms with Gasteiger partial charge in [-0.25, -0.2) is 0 Å². The molecule has 0 saturated carbocycles. The van der Waals surface area contributed by atoms with E-state index in [4.69, 9.17) is 4.74 Å². The first-order valence-corrected chi connectivity index (χ1v) is 6.73. The Kier molecular flexibility index (Phi) is 4.09. The summed E-state index contributed by atoms with van der Waals surface area (Å²) >= 11 is 1.62. The Balaban J connectivity index is 2.38. The van der Waals surface area contributed by atoms with Gasteiger partial charge in [-0.3, -0.25) is 0 Å². The maximum atomic E-state index is 5.48. The van der Waals surface area contributed by atoms with Crippen LogP contribution in [0.4, 0.5) is 5.95 Å². The average molecular weight is 264 g/mol. The van der Waals surface area contributed by atoms with Gasteiger partial charge in [-0.2, -0.15) is 15.0 Å². The minimum absolute atomic E-state index is 0.374. The van der Waals surface area contributed by atoms with Gasteiger partial charge in [0.25, 0.3) is 0 Å². The predicted molar refractivity (Wildman–Crippen MR) is 73.2 cm³/mol. The van der Waals surface area contributed by atoms with E-state index >= 15 is 0 Å². The molecule has 0 aliphatic carbocycles. The second kappa shape index (κ2) is 5.77. The predicted octanol–water partition coefficient (Wildman–Crippen LogP) is 2.74. The van der Waals surface area contributed by atoms with Gasteiger partial charge in [0.05, 0.1) is 11.5 Å². The van der Waals surface area contributed by atoms with Crippen molar-refractivity contribution < 1.29 is 4.74 Å². The molecule has 0 amide bonds. The lowest BCUT2D eigenvalue weighted by Crippen LogP contribution is -2.05. The highest BCUT2D eigenvalue weighted by Gasteiger charge is 2.11. The summed E-state index contributed by atoms with van der Waals surface area (Å²) in [5.41, 5.74) is 1.16. The lowest BCUT2D eigenvalue weighted by atomic mass is 10.3. The van der Waals surface area contributed by atoms with Crippen molar-refractivity contribution in [2.45, 2.75) is 20.3 Å². The Morgan fingerprint density at radius 2 is 2.17 bits per heavy atom. The zero-order chi connectivity index (χ0) is 13.0. The fourth-order valence-electron chi connectivity index (χ4n) is 1.43. The van der Waals surface area contributed by atoms with Crippen LogP contribution in [0, 0.1) is 6.92 Å². The van der Waals surface area contributed by atoms with Crippen molar-refractivity contribution in [3.05, 3.63) is 17.0 Å². The maximum absolute atomic E-state index is 5.48. The molecule has 0 unspecified atom stereocenters. The number of rotatable bonds is 5. The molecule has 96 valence electrons. The van der Waals surface area contributed by atoms with Crippen LogP contribution < -0.4 is 10.1 Å². The summed E-state index contributed by atoms with van der Waals surface area (Å²) in [6.45, 7) is 4.70. The number of aromatic nitrogens is 3. The first-order chi connectivity index (χ1) is 8.74. The van der Waals surface area contributed by atoms with Crippen molar-refractivity contribution in [1.82, 2.24) is 15.0 Å². The van der Waals surface area contributed by atoms with E-state index in [1.54, 1.807) is 18.4 Å². The number of aryl methyl sites for hydroxylation is 1. The molecule has 0 radical (unpaired) electrons. The van der Waals surface area contributed by atoms with Crippen molar-refractivity contribution in [2.75, 3.05) is 19.0 Å². The summed E-state index contributed by atoms with van der Waals surface area (Å²) in [4.78, 5) is 13.9. The van der Waals surface area contributed by atoms with Crippen molar-refractivity contribution in [1.29, 1.82) is 0 Å². The number of anilines is 1. The molecule has 1 N–H and O–H groups in total. The van der Waals surface area contributed by atoms with E-state index in [9.17, 15) is 0 Å². The largest absolute Gasteiger partial charge is 0.463 e. The Morgan fingerprint density at radius 1 is 1.33 bits per heavy atom. The van der Waals surface area contributed by atoms with Gasteiger partial charge < -0.3 is 10.1 Å². The van der Waals surface area contributed by atoms with Crippen LogP contribution in [0.25, 0.3) is 10.7 Å². The monoisotopic (exact) mass is 264 g/mol. The first kappa shape index (κ1) is 12.8. The summed E-state index contributed by atoms with van der Waals surface area (Å²) in [5.74, 6) is 1.19. The third-order valence-corrected chi connectivity index (χ3v) is 3.35. The van der Waals surface area contributed by atoms with E-state index in [1.807, 2.05) is 19.2 Å². The van der Waals surface area contributed by atoms with Gasteiger partial charge in [-0.1, -0.05) is 6.92 Å². The number of nitrogens with zero attached hydrogens (tertiary/aromatic N) is 3. The quantitative estimate of drug-likeness (QED) is 0.899. The molecule has 0 atom stereocenters. The summed E-state index contributed by atoms with van der Waals surface area (Å²) in [6.07, 6.45) is 0.925. The normalized spacial score (nSPS) is 10.4. The molecule has 0 bridgehead atoms. The molecule has 2 aromatic heterocycles. The van der Waals surface area contributed by atoms with E-state index in [0.717, 1.165) is 16.9 Å². The molecule has 0 fully saturated rings. The van der Waals surface area contributed by atoms with Gasteiger partial charge >= 0.3 is 6.01 Å². The second-order valence-electron chi connectivity index (χ2n) is 3.80. The molecule has 0 aliphatic rings. The number of ether oxygens (including phenoxy) is 1. The van der Waals surface area contributed by atoms with E-state index in [2.05, 4.69) is 26.3 Å². The maximum Gasteiger partial charge on any atom is 0.321 e. The van der Waals surface area contributed by atoms with Crippen molar-refractivity contribution in [3.63, 3.8) is 0 Å². The molecule has 0 aromatic carbocycles. The minimum atomic E-state index is 0.374. The smallest absolute Gasteiger partial charge is 0.321 e. The Hall–Kier alpha value is -1.69. The van der Waals surface area contributed by atoms with Crippen LogP contribution in [0.3, 0.4) is 0 Å². The van der Waals surface area contributed by atoms with Crippen molar-refractivity contribution in [3.8, 4) is 16.7 Å². The molecule has 2 aromatic rings. The number of thiophene rings is 1. The minimum Gasteiger partial charge on any atom is -0.463 e. The van der Waals surface area contributed by atoms with E-state index < -0.39 is 0 Å². The van der Waals surface area contributed by atoms with Gasteiger partial charge in [-0.05, 0) is 30.4 Å². The topological polar surface area (TPSA) is 59.9 Å². The van der Waals surface area contributed by atoms with Crippen molar-refractivity contribution in [2.24, 2.45) is 0 Å². The second-order valence-corrected chi connectivity index (χ2v) is 4.71. The van der Waals surface area contributed by atoms with Gasteiger partial charge in [0.15, 0.2) is 5.82 Å². The first-order valence-electron chi connectivity index (χ1n) is 5.85. The molecule has 2 heterocycles. The fraction of sp³-hybridized carbons (Fsp3) is 0.417. The molecule has 6 heteroatoms. The third kappa shape index (κ3) is 2.76. The Labute approximate surface area is 110 Å². The molecule has 5 nitrogen and oxygen atoms in total. The molecule has 18 heavy (non-hydrogen) atoms. The van der Waals surface area contributed by atoms with Gasteiger partial charge in [0.2, 0.25) is 5.95 Å². The van der Waals surface area contributed by atoms with Crippen LogP contribution in [0.1, 0.15) is 18.9 Å². The van der Waals surface area contributed by atoms with E-state index in [-0.39, 0.29) is 0 Å². The Bertz CT molecular complexity index is 527. The van der Waals surface area contributed by atoms with Crippen LogP contribution in [0.5, 0.6) is 6.01 Å². The summed E-state index contributed by atoms with van der Waals surface area (Å²) in [7, 11) is 1.78. The van der Waals surface area contributed by atoms with Crippen LogP contribution in [-0.2, 0) is 0 Å². The number of nitrogens with one attached hydrogen (secondary N) is 1. The van der Waals surface area contributed by atoms with Crippen LogP contribution in [0.2, 0.25) is 0 Å². The molecule has 2 rings (SSSR count). The molecular formula is C12H16N4OS. The number of hydrogen-bond donors (Lipinski definition) is 1. The average Bonchev–Trinajstić information content (AvgIpc) is 2.82. The highest BCUT2D eigenvalue weighted by molar-refractivity contribution is 7.13. The van der Waals surface area contributed by atoms with Crippen LogP contribution in [-0.4, -0.2) is 28.6 Å². The molecule has 0 spiro atoms. The van der Waals surface area contributed by atoms with Gasteiger partial charge in [-0.15, -0.1) is 11.3 Å². The lowest BCUT2D eigenvalue weighted by Gasteiger charge is -2.07. The standard InChI is InChI=1S/C12H16N4OS/c1-4-6-17-12-15-10(14-11(13-3)16-12)9-8(2)5-7-18-9/h5,7H,4,6H2,1-3H3,(H,13,14,15,16). The Morgan fingerprint density at radius 3 is 2.78 bits per heavy atom.